The van der Waals surface area contributed by atoms with Crippen LogP contribution in [0.15, 0.2) is 66.7 Å². The molecule has 0 saturated heterocycles. The van der Waals surface area contributed by atoms with Gasteiger partial charge in [-0.25, -0.2) is 0 Å². The highest BCUT2D eigenvalue weighted by atomic mass is 35.5. The van der Waals surface area contributed by atoms with Crippen LogP contribution in [0.3, 0.4) is 0 Å². The van der Waals surface area contributed by atoms with Crippen LogP contribution in [0.1, 0.15) is 62.6 Å². The first-order chi connectivity index (χ1) is 20.4. The Morgan fingerprint density at radius 2 is 1.62 bits per heavy atom. The Kier molecular flexibility index (Phi) is 12.0. The van der Waals surface area contributed by atoms with Gasteiger partial charge in [0, 0.05) is 35.5 Å². The van der Waals surface area contributed by atoms with Crippen LogP contribution in [-0.4, -0.2) is 42.0 Å². The monoisotopic (exact) mass is 610 g/mol. The van der Waals surface area contributed by atoms with E-state index in [1.165, 1.54) is 0 Å². The number of hydrogen-bond donors (Lipinski definition) is 1. The molecule has 4 rings (SSSR count). The Morgan fingerprint density at radius 1 is 0.905 bits per heavy atom. The van der Waals surface area contributed by atoms with Crippen molar-refractivity contribution in [2.75, 3.05) is 13.2 Å². The minimum atomic E-state index is -0.702. The zero-order valence-electron chi connectivity index (χ0n) is 24.4. The minimum Gasteiger partial charge on any atom is -0.490 e. The van der Waals surface area contributed by atoms with Crippen molar-refractivity contribution >= 4 is 35.0 Å². The number of nitrogens with one attached hydrogen (secondary N) is 1. The lowest BCUT2D eigenvalue weighted by molar-refractivity contribution is -0.141. The lowest BCUT2D eigenvalue weighted by Crippen LogP contribution is -2.52. The van der Waals surface area contributed by atoms with Crippen LogP contribution >= 0.6 is 23.2 Å². The molecule has 2 amide bonds. The highest BCUT2D eigenvalue weighted by molar-refractivity contribution is 6.35. The molecule has 1 saturated carbocycles. The van der Waals surface area contributed by atoms with E-state index in [0.717, 1.165) is 42.4 Å². The summed E-state index contributed by atoms with van der Waals surface area (Å²) in [5, 5.41) is 4.22. The quantitative estimate of drug-likeness (QED) is 0.206. The van der Waals surface area contributed by atoms with Gasteiger partial charge in [0.15, 0.2) is 11.5 Å². The molecule has 0 bridgehead atoms. The van der Waals surface area contributed by atoms with Crippen LogP contribution in [0.4, 0.5) is 0 Å². The van der Waals surface area contributed by atoms with Crippen molar-refractivity contribution in [1.29, 1.82) is 0 Å². The molecule has 1 N–H and O–H groups in total. The van der Waals surface area contributed by atoms with Gasteiger partial charge in [0.1, 0.15) is 6.04 Å². The molecule has 42 heavy (non-hydrogen) atoms. The summed E-state index contributed by atoms with van der Waals surface area (Å²) in [5.74, 6) is 1.08. The van der Waals surface area contributed by atoms with Crippen molar-refractivity contribution in [3.8, 4) is 11.5 Å². The summed E-state index contributed by atoms with van der Waals surface area (Å²) in [6.45, 7) is 5.09. The molecule has 1 unspecified atom stereocenters. The molecule has 3 aromatic carbocycles. The molecule has 0 radical (unpaired) electrons. The Hall–Kier alpha value is -3.22. The molecule has 1 aliphatic carbocycles. The zero-order valence-corrected chi connectivity index (χ0v) is 25.9. The number of amides is 2. The molecular formula is C34H40Cl2N2O4. The number of benzene rings is 3. The minimum absolute atomic E-state index is 0.129. The maximum absolute atomic E-state index is 14.1. The van der Waals surface area contributed by atoms with Gasteiger partial charge in [-0.3, -0.25) is 9.59 Å². The van der Waals surface area contributed by atoms with Gasteiger partial charge >= 0.3 is 0 Å². The van der Waals surface area contributed by atoms with Crippen LogP contribution in [0, 0.1) is 0 Å². The topological polar surface area (TPSA) is 67.9 Å². The second kappa shape index (κ2) is 15.9. The van der Waals surface area contributed by atoms with E-state index < -0.39 is 6.04 Å². The van der Waals surface area contributed by atoms with E-state index in [-0.39, 0.29) is 30.8 Å². The first-order valence-corrected chi connectivity index (χ1v) is 15.6. The van der Waals surface area contributed by atoms with E-state index in [9.17, 15) is 9.59 Å². The molecule has 1 fully saturated rings. The first kappa shape index (κ1) is 31.7. The molecule has 8 heteroatoms. The Bertz CT molecular complexity index is 1330. The number of hydrogen-bond acceptors (Lipinski definition) is 4. The third-order valence-electron chi connectivity index (χ3n) is 7.56. The summed E-state index contributed by atoms with van der Waals surface area (Å²) in [6.07, 6.45) is 5.21. The molecule has 1 atom stereocenters. The van der Waals surface area contributed by atoms with Gasteiger partial charge in [0.05, 0.1) is 13.2 Å². The van der Waals surface area contributed by atoms with E-state index in [1.807, 2.05) is 68.4 Å². The molecule has 1 aliphatic rings. The van der Waals surface area contributed by atoms with E-state index in [0.29, 0.717) is 47.6 Å². The molecular weight excluding hydrogens is 571 g/mol. The van der Waals surface area contributed by atoms with Crippen molar-refractivity contribution in [2.45, 2.75) is 77.4 Å². The average molecular weight is 612 g/mol. The van der Waals surface area contributed by atoms with E-state index >= 15 is 0 Å². The van der Waals surface area contributed by atoms with Crippen LogP contribution in [0.5, 0.6) is 11.5 Å². The third-order valence-corrected chi connectivity index (χ3v) is 8.15. The van der Waals surface area contributed by atoms with Crippen LogP contribution < -0.4 is 14.8 Å². The molecule has 6 nitrogen and oxygen atoms in total. The van der Waals surface area contributed by atoms with Gasteiger partial charge in [0.25, 0.3) is 0 Å². The first-order valence-electron chi connectivity index (χ1n) is 14.8. The van der Waals surface area contributed by atoms with Crippen molar-refractivity contribution < 1.29 is 19.1 Å². The third kappa shape index (κ3) is 8.89. The van der Waals surface area contributed by atoms with E-state index in [4.69, 9.17) is 32.7 Å². The summed E-state index contributed by atoms with van der Waals surface area (Å²) in [4.78, 5) is 29.6. The van der Waals surface area contributed by atoms with Crippen molar-refractivity contribution in [1.82, 2.24) is 10.2 Å². The van der Waals surface area contributed by atoms with Gasteiger partial charge in [-0.05, 0) is 74.1 Å². The van der Waals surface area contributed by atoms with Crippen molar-refractivity contribution in [3.63, 3.8) is 0 Å². The second-order valence-electron chi connectivity index (χ2n) is 10.6. The summed E-state index contributed by atoms with van der Waals surface area (Å²) in [7, 11) is 0. The predicted molar refractivity (Wildman–Crippen MR) is 168 cm³/mol. The van der Waals surface area contributed by atoms with Gasteiger partial charge < -0.3 is 19.7 Å². The van der Waals surface area contributed by atoms with Crippen LogP contribution in [-0.2, 0) is 29.0 Å². The van der Waals surface area contributed by atoms with Gasteiger partial charge in [-0.2, -0.15) is 0 Å². The number of halogens is 2. The highest BCUT2D eigenvalue weighted by Gasteiger charge is 2.32. The Balaban J connectivity index is 1.62. The maximum Gasteiger partial charge on any atom is 0.243 e. The largest absolute Gasteiger partial charge is 0.490 e. The van der Waals surface area contributed by atoms with E-state index in [2.05, 4.69) is 5.32 Å². The summed E-state index contributed by atoms with van der Waals surface area (Å²) < 4.78 is 11.5. The Morgan fingerprint density at radius 3 is 2.31 bits per heavy atom. The fourth-order valence-electron chi connectivity index (χ4n) is 5.40. The fourth-order valence-corrected chi connectivity index (χ4v) is 5.87. The van der Waals surface area contributed by atoms with Crippen molar-refractivity contribution in [3.05, 3.63) is 93.5 Å². The lowest BCUT2D eigenvalue weighted by Gasteiger charge is -2.32. The second-order valence-corrected chi connectivity index (χ2v) is 11.4. The summed E-state index contributed by atoms with van der Waals surface area (Å²) in [5.41, 5.74) is 2.67. The van der Waals surface area contributed by atoms with Crippen LogP contribution in [0.25, 0.3) is 0 Å². The van der Waals surface area contributed by atoms with E-state index in [1.54, 1.807) is 17.0 Å². The highest BCUT2D eigenvalue weighted by Crippen LogP contribution is 2.30. The molecule has 224 valence electrons. The number of nitrogens with zero attached hydrogens (tertiary/aromatic N) is 1. The predicted octanol–water partition coefficient (Wildman–Crippen LogP) is 7.42. The molecule has 0 aromatic heterocycles. The lowest BCUT2D eigenvalue weighted by atomic mass is 10.0. The zero-order chi connectivity index (χ0) is 29.9. The number of rotatable bonds is 14. The molecule has 3 aromatic rings. The number of carbonyl (C=O) groups excluding carboxylic acids is 2. The maximum atomic E-state index is 14.1. The van der Waals surface area contributed by atoms with Gasteiger partial charge in [-0.1, -0.05) is 78.5 Å². The normalized spacial score (nSPS) is 13.9. The number of ether oxygens (including phenoxy) is 2. The average Bonchev–Trinajstić information content (AvgIpc) is 3.49. The van der Waals surface area contributed by atoms with Crippen molar-refractivity contribution in [2.24, 2.45) is 0 Å². The molecule has 0 spiro atoms. The Labute approximate surface area is 259 Å². The summed E-state index contributed by atoms with van der Waals surface area (Å²) >= 11 is 12.7. The SMILES string of the molecule is CCOc1ccc(CCC(=O)N(Cc2ccc(Cl)cc2Cl)C(Cc2ccccc2)C(=O)NC2CCCC2)cc1OCC. The summed E-state index contributed by atoms with van der Waals surface area (Å²) in [6, 6.07) is 20.3. The van der Waals surface area contributed by atoms with Gasteiger partial charge in [-0.15, -0.1) is 0 Å². The van der Waals surface area contributed by atoms with Gasteiger partial charge in [0.2, 0.25) is 11.8 Å². The molecule has 0 heterocycles. The number of carbonyl (C=O) groups is 2. The fraction of sp³-hybridized carbons (Fsp3) is 0.412. The number of aryl methyl sites for hydroxylation is 1. The smallest absolute Gasteiger partial charge is 0.243 e. The van der Waals surface area contributed by atoms with Crippen LogP contribution in [0.2, 0.25) is 10.0 Å². The molecule has 0 aliphatic heterocycles. The standard InChI is InChI=1S/C34H40Cl2N2O4/c1-3-41-31-18-14-25(21-32(31)42-4-2)15-19-33(39)38(23-26-16-17-27(35)22-29(26)36)30(20-24-10-6-5-7-11-24)34(40)37-28-12-8-9-13-28/h5-7,10-11,14,16-18,21-22,28,30H,3-4,8-9,12-13,15,19-20,23H2,1-2H3,(H,37,40).